The number of ether oxygens (including phenoxy) is 3. The zero-order chi connectivity index (χ0) is 19.0. The molecular weight excluding hydrogens is 336 g/mol. The van der Waals surface area contributed by atoms with Crippen LogP contribution in [0.1, 0.15) is 54.4 Å². The average molecular weight is 373 g/mol. The van der Waals surface area contributed by atoms with Crippen LogP contribution in [0.4, 0.5) is 0 Å². The van der Waals surface area contributed by atoms with Crippen molar-refractivity contribution in [1.29, 1.82) is 0 Å². The Hall–Kier alpha value is -0.273. The first-order valence-corrected chi connectivity index (χ1v) is 12.4. The standard InChI is InChI=1S/C19H36O5Si/c1-13(12-20)17-16(24-25(7,8)18(2,3)4)11-15-14(22-17)9-10-21-19(5,6)23-15/h12-17H,9-11H2,1-8H3/t13-,14-,15-,16+,17+/m1/s1. The van der Waals surface area contributed by atoms with E-state index in [0.717, 1.165) is 19.1 Å². The van der Waals surface area contributed by atoms with Crippen LogP contribution in [-0.2, 0) is 23.4 Å². The van der Waals surface area contributed by atoms with E-state index >= 15 is 0 Å². The molecule has 0 aromatic heterocycles. The minimum Gasteiger partial charge on any atom is -0.411 e. The molecule has 5 atom stereocenters. The van der Waals surface area contributed by atoms with Crippen LogP contribution < -0.4 is 0 Å². The monoisotopic (exact) mass is 372 g/mol. The van der Waals surface area contributed by atoms with Crippen LogP contribution in [0.25, 0.3) is 0 Å². The van der Waals surface area contributed by atoms with Gasteiger partial charge in [-0.3, -0.25) is 0 Å². The highest BCUT2D eigenvalue weighted by Gasteiger charge is 2.48. The van der Waals surface area contributed by atoms with Crippen molar-refractivity contribution in [2.24, 2.45) is 5.92 Å². The fourth-order valence-corrected chi connectivity index (χ4v) is 4.64. The van der Waals surface area contributed by atoms with Gasteiger partial charge in [0.2, 0.25) is 0 Å². The highest BCUT2D eigenvalue weighted by atomic mass is 28.4. The summed E-state index contributed by atoms with van der Waals surface area (Å²) in [6, 6.07) is 0. The molecule has 2 rings (SSSR count). The van der Waals surface area contributed by atoms with Gasteiger partial charge < -0.3 is 23.4 Å². The highest BCUT2D eigenvalue weighted by molar-refractivity contribution is 6.74. The second-order valence-corrected chi connectivity index (χ2v) is 14.2. The number of hydrogen-bond acceptors (Lipinski definition) is 5. The van der Waals surface area contributed by atoms with Gasteiger partial charge in [-0.25, -0.2) is 0 Å². The molecule has 2 heterocycles. The molecule has 0 aliphatic carbocycles. The Bertz CT molecular complexity index is 471. The molecule has 146 valence electrons. The van der Waals surface area contributed by atoms with Crippen LogP contribution in [0.2, 0.25) is 18.1 Å². The molecule has 2 fully saturated rings. The van der Waals surface area contributed by atoms with E-state index in [0.29, 0.717) is 6.61 Å². The Morgan fingerprint density at radius 2 is 1.88 bits per heavy atom. The topological polar surface area (TPSA) is 54.0 Å². The van der Waals surface area contributed by atoms with E-state index in [1.807, 2.05) is 20.8 Å². The molecule has 25 heavy (non-hydrogen) atoms. The maximum absolute atomic E-state index is 11.5. The fraction of sp³-hybridized carbons (Fsp3) is 0.947. The highest BCUT2D eigenvalue weighted by Crippen LogP contribution is 2.41. The number of aldehydes is 1. The lowest BCUT2D eigenvalue weighted by Gasteiger charge is -2.47. The van der Waals surface area contributed by atoms with Gasteiger partial charge >= 0.3 is 0 Å². The summed E-state index contributed by atoms with van der Waals surface area (Å²) in [5.74, 6) is -0.819. The molecule has 0 aromatic carbocycles. The summed E-state index contributed by atoms with van der Waals surface area (Å²) >= 11 is 0. The fourth-order valence-electron chi connectivity index (χ4n) is 3.30. The largest absolute Gasteiger partial charge is 0.411 e. The molecule has 0 saturated carbocycles. The van der Waals surface area contributed by atoms with Crippen LogP contribution in [0.15, 0.2) is 0 Å². The number of fused-ring (bicyclic) bond motifs is 1. The van der Waals surface area contributed by atoms with E-state index in [9.17, 15) is 4.79 Å². The molecule has 0 spiro atoms. The molecule has 0 unspecified atom stereocenters. The third-order valence-corrected chi connectivity index (χ3v) is 10.4. The first kappa shape index (κ1) is 21.0. The van der Waals surface area contributed by atoms with Gasteiger partial charge in [0.15, 0.2) is 14.1 Å². The zero-order valence-corrected chi connectivity index (χ0v) is 18.1. The van der Waals surface area contributed by atoms with Crippen LogP contribution in [-0.4, -0.2) is 51.4 Å². The third kappa shape index (κ3) is 4.92. The van der Waals surface area contributed by atoms with Gasteiger partial charge in [0.05, 0.1) is 31.0 Å². The Kier molecular flexibility index (Phi) is 6.22. The zero-order valence-electron chi connectivity index (χ0n) is 17.1. The Morgan fingerprint density at radius 3 is 2.44 bits per heavy atom. The Balaban J connectivity index is 2.23. The van der Waals surface area contributed by atoms with Gasteiger partial charge in [-0.15, -0.1) is 0 Å². The van der Waals surface area contributed by atoms with Gasteiger partial charge in [-0.1, -0.05) is 27.7 Å². The van der Waals surface area contributed by atoms with Gasteiger partial charge in [-0.2, -0.15) is 0 Å². The van der Waals surface area contributed by atoms with Crippen molar-refractivity contribution in [3.05, 3.63) is 0 Å². The first-order chi connectivity index (χ1) is 11.4. The molecule has 5 nitrogen and oxygen atoms in total. The van der Waals surface area contributed by atoms with E-state index in [2.05, 4.69) is 33.9 Å². The van der Waals surface area contributed by atoms with Crippen LogP contribution in [0.3, 0.4) is 0 Å². The minimum atomic E-state index is -1.98. The van der Waals surface area contributed by atoms with Gasteiger partial charge in [0.1, 0.15) is 6.29 Å². The quantitative estimate of drug-likeness (QED) is 0.553. The van der Waals surface area contributed by atoms with Crippen LogP contribution in [0, 0.1) is 5.92 Å². The van der Waals surface area contributed by atoms with Gasteiger partial charge in [0, 0.05) is 12.3 Å². The second-order valence-electron chi connectivity index (χ2n) is 9.48. The molecule has 2 aliphatic rings. The van der Waals surface area contributed by atoms with Crippen molar-refractivity contribution < 1.29 is 23.4 Å². The van der Waals surface area contributed by atoms with Crippen molar-refractivity contribution in [1.82, 2.24) is 0 Å². The predicted molar refractivity (Wildman–Crippen MR) is 100 cm³/mol. The molecule has 0 aromatic rings. The molecule has 0 bridgehead atoms. The number of carbonyl (C=O) groups is 1. The average Bonchev–Trinajstić information content (AvgIpc) is 2.60. The number of hydrogen-bond donors (Lipinski definition) is 0. The lowest BCUT2D eigenvalue weighted by atomic mass is 9.90. The normalized spacial score (nSPS) is 34.7. The first-order valence-electron chi connectivity index (χ1n) is 9.46. The third-order valence-electron chi connectivity index (χ3n) is 5.85. The summed E-state index contributed by atoms with van der Waals surface area (Å²) in [7, 11) is -1.98. The SMILES string of the molecule is C[C@H](C=O)[C@@H]1O[C@@H]2CCOC(C)(C)O[C@@H]2C[C@@H]1O[Si](C)(C)C(C)(C)C. The van der Waals surface area contributed by atoms with Gasteiger partial charge in [-0.05, 0) is 38.4 Å². The van der Waals surface area contributed by atoms with Crippen molar-refractivity contribution >= 4 is 14.6 Å². The van der Waals surface area contributed by atoms with Crippen molar-refractivity contribution in [2.75, 3.05) is 6.61 Å². The summed E-state index contributed by atoms with van der Waals surface area (Å²) in [5.41, 5.74) is 0. The Labute approximate surface area is 153 Å². The molecule has 2 aliphatic heterocycles. The molecule has 2 saturated heterocycles. The summed E-state index contributed by atoms with van der Waals surface area (Å²) in [5, 5.41) is 0.103. The molecule has 0 N–H and O–H groups in total. The molecule has 0 amide bonds. The summed E-state index contributed by atoms with van der Waals surface area (Å²) in [6.45, 7) is 17.6. The molecule has 6 heteroatoms. The predicted octanol–water partition coefficient (Wildman–Crippen LogP) is 3.91. The lowest BCUT2D eigenvalue weighted by Crippen LogP contribution is -2.56. The van der Waals surface area contributed by atoms with E-state index in [4.69, 9.17) is 18.6 Å². The van der Waals surface area contributed by atoms with E-state index < -0.39 is 14.1 Å². The van der Waals surface area contributed by atoms with Crippen molar-refractivity contribution in [3.8, 4) is 0 Å². The van der Waals surface area contributed by atoms with Crippen LogP contribution >= 0.6 is 0 Å². The Morgan fingerprint density at radius 1 is 1.24 bits per heavy atom. The maximum atomic E-state index is 11.5. The van der Waals surface area contributed by atoms with Crippen LogP contribution in [0.5, 0.6) is 0 Å². The van der Waals surface area contributed by atoms with E-state index in [-0.39, 0.29) is 35.4 Å². The number of carbonyl (C=O) groups excluding carboxylic acids is 1. The van der Waals surface area contributed by atoms with E-state index in [1.165, 1.54) is 0 Å². The maximum Gasteiger partial charge on any atom is 0.192 e. The summed E-state index contributed by atoms with van der Waals surface area (Å²) in [4.78, 5) is 11.5. The molecule has 0 radical (unpaired) electrons. The molecular formula is C19H36O5Si. The van der Waals surface area contributed by atoms with Gasteiger partial charge in [0.25, 0.3) is 0 Å². The second kappa shape index (κ2) is 7.39. The van der Waals surface area contributed by atoms with E-state index in [1.54, 1.807) is 0 Å². The van der Waals surface area contributed by atoms with Crippen molar-refractivity contribution in [3.63, 3.8) is 0 Å². The summed E-state index contributed by atoms with van der Waals surface area (Å²) < 4.78 is 25.0. The van der Waals surface area contributed by atoms with Crippen molar-refractivity contribution in [2.45, 2.75) is 103 Å². The summed E-state index contributed by atoms with van der Waals surface area (Å²) in [6.07, 6.45) is 2.03. The number of rotatable bonds is 4. The minimum absolute atomic E-state index is 0.0477. The lowest BCUT2D eigenvalue weighted by molar-refractivity contribution is -0.258. The smallest absolute Gasteiger partial charge is 0.192 e.